The number of hydrogen-bond acceptors (Lipinski definition) is 6. The Morgan fingerprint density at radius 1 is 0.862 bits per heavy atom. The molecule has 0 fully saturated rings. The summed E-state index contributed by atoms with van der Waals surface area (Å²) in [5.41, 5.74) is 3.76. The third-order valence-electron chi connectivity index (χ3n) is 4.73. The Morgan fingerprint density at radius 3 is 2.21 bits per heavy atom. The molecule has 4 aromatic rings. The average molecular weight is 384 g/mol. The van der Waals surface area contributed by atoms with Crippen LogP contribution in [-0.4, -0.2) is 42.9 Å². The lowest BCUT2D eigenvalue weighted by Gasteiger charge is -2.27. The van der Waals surface area contributed by atoms with Gasteiger partial charge in [-0.3, -0.25) is 19.8 Å². The quantitative estimate of drug-likeness (QED) is 0.539. The molecule has 140 valence electrons. The van der Waals surface area contributed by atoms with Crippen LogP contribution in [0.25, 0.3) is 16.5 Å². The summed E-state index contributed by atoms with van der Waals surface area (Å²) < 4.78 is 1.32. The van der Waals surface area contributed by atoms with E-state index in [1.54, 1.807) is 48.5 Å². The van der Waals surface area contributed by atoms with Crippen molar-refractivity contribution in [1.82, 2.24) is 30.6 Å². The Bertz CT molecular complexity index is 1250. The fourth-order valence-electron chi connectivity index (χ4n) is 3.43. The van der Waals surface area contributed by atoms with Crippen molar-refractivity contribution in [1.29, 1.82) is 0 Å². The van der Waals surface area contributed by atoms with E-state index in [1.807, 2.05) is 12.1 Å². The number of nitrogens with zero attached hydrogens (tertiary/aromatic N) is 5. The molecular weight excluding hydrogens is 372 g/mol. The predicted octanol–water partition coefficient (Wildman–Crippen LogP) is 1.76. The summed E-state index contributed by atoms with van der Waals surface area (Å²) in [6.07, 6.45) is 1.35. The summed E-state index contributed by atoms with van der Waals surface area (Å²) in [5, 5.41) is 13.0. The maximum Gasteiger partial charge on any atom is 0.280 e. The van der Waals surface area contributed by atoms with Crippen molar-refractivity contribution in [3.63, 3.8) is 0 Å². The van der Waals surface area contributed by atoms with Gasteiger partial charge >= 0.3 is 0 Å². The van der Waals surface area contributed by atoms with Gasteiger partial charge in [0.1, 0.15) is 6.33 Å². The third-order valence-corrected chi connectivity index (χ3v) is 4.73. The average Bonchev–Trinajstić information content (AvgIpc) is 3.29. The highest BCUT2D eigenvalue weighted by Gasteiger charge is 2.34. The topological polar surface area (TPSA) is 110 Å². The molecule has 5 rings (SSSR count). The zero-order valence-electron chi connectivity index (χ0n) is 14.8. The highest BCUT2D eigenvalue weighted by molar-refractivity contribution is 6.25. The summed E-state index contributed by atoms with van der Waals surface area (Å²) in [4.78, 5) is 38.8. The van der Waals surface area contributed by atoms with Crippen LogP contribution in [0.15, 0.2) is 67.0 Å². The first-order valence-electron chi connectivity index (χ1n) is 8.69. The second-order valence-electron chi connectivity index (χ2n) is 6.37. The molecule has 0 saturated heterocycles. The van der Waals surface area contributed by atoms with Crippen molar-refractivity contribution in [2.75, 3.05) is 0 Å². The SMILES string of the molecule is O=C(NN1C(=O)c2cccc3cccc(c23)C1=O)c1ccccc1-n1cnnn1. The van der Waals surface area contributed by atoms with Crippen molar-refractivity contribution in [2.24, 2.45) is 0 Å². The zero-order chi connectivity index (χ0) is 20.0. The summed E-state index contributed by atoms with van der Waals surface area (Å²) >= 11 is 0. The van der Waals surface area contributed by atoms with Crippen molar-refractivity contribution in [3.05, 3.63) is 83.7 Å². The van der Waals surface area contributed by atoms with Crippen LogP contribution in [0.1, 0.15) is 31.1 Å². The number of benzene rings is 3. The van der Waals surface area contributed by atoms with E-state index in [9.17, 15) is 14.4 Å². The summed E-state index contributed by atoms with van der Waals surface area (Å²) in [6, 6.07) is 17.0. The molecule has 2 heterocycles. The molecule has 0 aliphatic carbocycles. The Kier molecular flexibility index (Phi) is 3.66. The van der Waals surface area contributed by atoms with Crippen molar-refractivity contribution in [3.8, 4) is 5.69 Å². The number of imide groups is 1. The Hall–Kier alpha value is -4.40. The van der Waals surface area contributed by atoms with Gasteiger partial charge < -0.3 is 0 Å². The molecule has 1 N–H and O–H groups in total. The van der Waals surface area contributed by atoms with Gasteiger partial charge in [0.15, 0.2) is 0 Å². The molecule has 0 unspecified atom stereocenters. The first-order valence-corrected chi connectivity index (χ1v) is 8.69. The molecule has 0 atom stereocenters. The van der Waals surface area contributed by atoms with Crippen LogP contribution in [0.2, 0.25) is 0 Å². The maximum atomic E-state index is 12.9. The molecule has 3 amide bonds. The van der Waals surface area contributed by atoms with Crippen LogP contribution < -0.4 is 5.43 Å². The van der Waals surface area contributed by atoms with E-state index in [0.717, 1.165) is 10.4 Å². The molecule has 1 aliphatic rings. The fourth-order valence-corrected chi connectivity index (χ4v) is 3.43. The second kappa shape index (κ2) is 6.34. The Balaban J connectivity index is 1.53. The lowest BCUT2D eigenvalue weighted by atomic mass is 9.95. The molecule has 9 heteroatoms. The summed E-state index contributed by atoms with van der Waals surface area (Å²) in [6.45, 7) is 0. The van der Waals surface area contributed by atoms with Gasteiger partial charge in [0, 0.05) is 5.39 Å². The molecule has 0 saturated carbocycles. The molecule has 1 aliphatic heterocycles. The molecule has 0 bridgehead atoms. The number of para-hydroxylation sites is 1. The fraction of sp³-hybridized carbons (Fsp3) is 0. The normalized spacial score (nSPS) is 13.0. The van der Waals surface area contributed by atoms with E-state index in [4.69, 9.17) is 0 Å². The van der Waals surface area contributed by atoms with Gasteiger partial charge in [0.05, 0.1) is 22.4 Å². The number of carbonyl (C=O) groups excluding carboxylic acids is 3. The monoisotopic (exact) mass is 384 g/mol. The van der Waals surface area contributed by atoms with E-state index < -0.39 is 17.7 Å². The zero-order valence-corrected chi connectivity index (χ0v) is 14.8. The standard InChI is InChI=1S/C20H12N6O3/c27-18(13-7-1-2-10-16(13)25-11-21-23-24-25)22-26-19(28)14-8-3-5-12-6-4-9-15(17(12)14)20(26)29/h1-11H,(H,22,27). The van der Waals surface area contributed by atoms with Gasteiger partial charge in [-0.2, -0.15) is 9.69 Å². The number of hydrogen-bond donors (Lipinski definition) is 1. The minimum absolute atomic E-state index is 0.206. The van der Waals surface area contributed by atoms with Gasteiger partial charge in [-0.05, 0) is 40.1 Å². The number of rotatable bonds is 3. The maximum absolute atomic E-state index is 12.9. The smallest absolute Gasteiger partial charge is 0.267 e. The van der Waals surface area contributed by atoms with E-state index in [-0.39, 0.29) is 5.56 Å². The first-order chi connectivity index (χ1) is 14.1. The largest absolute Gasteiger partial charge is 0.280 e. The second-order valence-corrected chi connectivity index (χ2v) is 6.37. The van der Waals surface area contributed by atoms with Crippen molar-refractivity contribution >= 4 is 28.5 Å². The first kappa shape index (κ1) is 16.8. The lowest BCUT2D eigenvalue weighted by Crippen LogP contribution is -2.51. The van der Waals surface area contributed by atoms with E-state index >= 15 is 0 Å². The van der Waals surface area contributed by atoms with Gasteiger partial charge in [-0.1, -0.05) is 36.4 Å². The van der Waals surface area contributed by atoms with Crippen molar-refractivity contribution < 1.29 is 14.4 Å². The summed E-state index contributed by atoms with van der Waals surface area (Å²) in [5.74, 6) is -1.82. The highest BCUT2D eigenvalue weighted by Crippen LogP contribution is 2.29. The number of aromatic nitrogens is 4. The van der Waals surface area contributed by atoms with Gasteiger partial charge in [0.2, 0.25) is 0 Å². The van der Waals surface area contributed by atoms with Crippen LogP contribution in [0, 0.1) is 0 Å². The Morgan fingerprint density at radius 2 is 1.55 bits per heavy atom. The molecule has 0 radical (unpaired) electrons. The Labute approximate surface area is 163 Å². The van der Waals surface area contributed by atoms with Crippen LogP contribution in [0.4, 0.5) is 0 Å². The molecule has 1 aromatic heterocycles. The summed E-state index contributed by atoms with van der Waals surface area (Å²) in [7, 11) is 0. The number of amides is 3. The van der Waals surface area contributed by atoms with Crippen molar-refractivity contribution in [2.45, 2.75) is 0 Å². The van der Waals surface area contributed by atoms with Crippen LogP contribution >= 0.6 is 0 Å². The molecule has 9 nitrogen and oxygen atoms in total. The van der Waals surface area contributed by atoms with Crippen LogP contribution in [0.3, 0.4) is 0 Å². The number of tetrazole rings is 1. The number of carbonyl (C=O) groups is 3. The van der Waals surface area contributed by atoms with E-state index in [2.05, 4.69) is 21.0 Å². The molecule has 0 spiro atoms. The number of hydrazine groups is 1. The highest BCUT2D eigenvalue weighted by atomic mass is 16.2. The van der Waals surface area contributed by atoms with Gasteiger partial charge in [0.25, 0.3) is 17.7 Å². The lowest BCUT2D eigenvalue weighted by molar-refractivity contribution is 0.0479. The third kappa shape index (κ3) is 2.56. The van der Waals surface area contributed by atoms with Crippen LogP contribution in [0.5, 0.6) is 0 Å². The van der Waals surface area contributed by atoms with E-state index in [0.29, 0.717) is 22.2 Å². The van der Waals surface area contributed by atoms with Gasteiger partial charge in [-0.15, -0.1) is 5.10 Å². The molecule has 29 heavy (non-hydrogen) atoms. The number of nitrogens with one attached hydrogen (secondary N) is 1. The van der Waals surface area contributed by atoms with Crippen LogP contribution in [-0.2, 0) is 0 Å². The minimum atomic E-state index is -0.635. The minimum Gasteiger partial charge on any atom is -0.267 e. The van der Waals surface area contributed by atoms with E-state index in [1.165, 1.54) is 11.0 Å². The van der Waals surface area contributed by atoms with Gasteiger partial charge in [-0.25, -0.2) is 0 Å². The molecule has 3 aromatic carbocycles. The predicted molar refractivity (Wildman–Crippen MR) is 101 cm³/mol. The molecular formula is C20H12N6O3.